The van der Waals surface area contributed by atoms with Crippen molar-refractivity contribution in [2.75, 3.05) is 19.3 Å². The molecule has 0 unspecified atom stereocenters. The van der Waals surface area contributed by atoms with Gasteiger partial charge in [-0.25, -0.2) is 0 Å². The number of thioether (sulfide) groups is 1. The summed E-state index contributed by atoms with van der Waals surface area (Å²) >= 11 is 1.59. The largest absolute Gasteiger partial charge is 0.340 e. The van der Waals surface area contributed by atoms with Crippen LogP contribution in [0.3, 0.4) is 0 Å². The quantitative estimate of drug-likeness (QED) is 0.887. The number of likely N-dealkylation sites (tertiary alicyclic amines) is 1. The minimum atomic E-state index is -0.0958. The number of nitrogens with zero attached hydrogens (tertiary/aromatic N) is 1. The van der Waals surface area contributed by atoms with E-state index in [1.54, 1.807) is 11.8 Å². The summed E-state index contributed by atoms with van der Waals surface area (Å²) in [4.78, 5) is 14.3. The summed E-state index contributed by atoms with van der Waals surface area (Å²) in [6.45, 7) is 1.49. The molecular weight excluding hydrogens is 232 g/mol. The molecule has 1 aromatic carbocycles. The molecule has 1 amide bonds. The van der Waals surface area contributed by atoms with Crippen LogP contribution in [0.15, 0.2) is 30.3 Å². The van der Waals surface area contributed by atoms with Crippen LogP contribution in [0.25, 0.3) is 0 Å². The molecule has 1 aliphatic rings. The number of carbonyl (C=O) groups is 1. The van der Waals surface area contributed by atoms with Gasteiger partial charge >= 0.3 is 0 Å². The summed E-state index contributed by atoms with van der Waals surface area (Å²) in [6.07, 6.45) is 2.90. The lowest BCUT2D eigenvalue weighted by molar-refractivity contribution is -0.129. The molecule has 2 rings (SSSR count). The number of nitrogens with two attached hydrogens (primary N) is 1. The molecule has 0 bridgehead atoms. The molecule has 2 N–H and O–H groups in total. The predicted octanol–water partition coefficient (Wildman–Crippen LogP) is 1.65. The zero-order valence-corrected chi connectivity index (χ0v) is 10.8. The van der Waals surface area contributed by atoms with E-state index in [2.05, 4.69) is 0 Å². The normalized spacial score (nSPS) is 21.5. The first kappa shape index (κ1) is 12.5. The van der Waals surface area contributed by atoms with Crippen LogP contribution in [-0.2, 0) is 4.79 Å². The van der Waals surface area contributed by atoms with Gasteiger partial charge in [-0.1, -0.05) is 30.3 Å². The van der Waals surface area contributed by atoms with E-state index in [-0.39, 0.29) is 17.2 Å². The molecule has 1 fully saturated rings. The maximum absolute atomic E-state index is 12.4. The van der Waals surface area contributed by atoms with Crippen molar-refractivity contribution < 1.29 is 4.79 Å². The molecule has 2 atom stereocenters. The monoisotopic (exact) mass is 250 g/mol. The van der Waals surface area contributed by atoms with Crippen molar-refractivity contribution >= 4 is 17.7 Å². The van der Waals surface area contributed by atoms with E-state index < -0.39 is 0 Å². The lowest BCUT2D eigenvalue weighted by atomic mass is 10.1. The molecule has 1 heterocycles. The summed E-state index contributed by atoms with van der Waals surface area (Å²) in [5.74, 6) is 0.191. The lowest BCUT2D eigenvalue weighted by Gasteiger charge is -2.22. The highest BCUT2D eigenvalue weighted by Crippen LogP contribution is 2.29. The van der Waals surface area contributed by atoms with Crippen molar-refractivity contribution in [2.45, 2.75) is 17.7 Å². The number of hydrogen-bond donors (Lipinski definition) is 1. The number of hydrogen-bond acceptors (Lipinski definition) is 3. The Balaban J connectivity index is 2.11. The fourth-order valence-corrected chi connectivity index (χ4v) is 2.94. The predicted molar refractivity (Wildman–Crippen MR) is 71.9 cm³/mol. The van der Waals surface area contributed by atoms with Crippen LogP contribution in [0.5, 0.6) is 0 Å². The van der Waals surface area contributed by atoms with E-state index in [0.717, 1.165) is 18.5 Å². The van der Waals surface area contributed by atoms with Crippen LogP contribution in [0.2, 0.25) is 0 Å². The van der Waals surface area contributed by atoms with Gasteiger partial charge in [0.15, 0.2) is 0 Å². The molecule has 1 aromatic rings. The van der Waals surface area contributed by atoms with Gasteiger partial charge in [-0.15, -0.1) is 11.8 Å². The number of amides is 1. The third-order valence-corrected chi connectivity index (χ3v) is 4.04. The molecule has 1 aliphatic heterocycles. The Morgan fingerprint density at radius 1 is 1.47 bits per heavy atom. The Labute approximate surface area is 106 Å². The number of benzene rings is 1. The number of carbonyl (C=O) groups excluding carboxylic acids is 1. The molecule has 92 valence electrons. The van der Waals surface area contributed by atoms with Gasteiger partial charge in [0.2, 0.25) is 5.91 Å². The Hall–Kier alpha value is -1.00. The minimum Gasteiger partial charge on any atom is -0.340 e. The highest BCUT2D eigenvalue weighted by molar-refractivity contribution is 7.99. The van der Waals surface area contributed by atoms with E-state index in [0.29, 0.717) is 6.54 Å². The van der Waals surface area contributed by atoms with E-state index in [4.69, 9.17) is 5.73 Å². The summed E-state index contributed by atoms with van der Waals surface area (Å²) < 4.78 is 0. The van der Waals surface area contributed by atoms with Crippen LogP contribution in [0, 0.1) is 0 Å². The van der Waals surface area contributed by atoms with Crippen LogP contribution in [-0.4, -0.2) is 36.2 Å². The molecule has 0 aliphatic carbocycles. The first-order chi connectivity index (χ1) is 8.22. The first-order valence-electron chi connectivity index (χ1n) is 5.84. The highest BCUT2D eigenvalue weighted by Gasteiger charge is 2.29. The van der Waals surface area contributed by atoms with E-state index >= 15 is 0 Å². The van der Waals surface area contributed by atoms with Crippen LogP contribution in [0.4, 0.5) is 0 Å². The molecule has 0 aromatic heterocycles. The third-order valence-electron chi connectivity index (χ3n) is 3.10. The highest BCUT2D eigenvalue weighted by atomic mass is 32.2. The Bertz CT molecular complexity index is 382. The Morgan fingerprint density at radius 2 is 2.18 bits per heavy atom. The fraction of sp³-hybridized carbons (Fsp3) is 0.462. The second kappa shape index (κ2) is 5.56. The van der Waals surface area contributed by atoms with Crippen molar-refractivity contribution in [2.24, 2.45) is 5.73 Å². The van der Waals surface area contributed by atoms with Crippen molar-refractivity contribution in [1.29, 1.82) is 0 Å². The summed E-state index contributed by atoms with van der Waals surface area (Å²) in [5, 5.41) is -0.0958. The van der Waals surface area contributed by atoms with Gasteiger partial charge in [-0.2, -0.15) is 0 Å². The van der Waals surface area contributed by atoms with Gasteiger partial charge < -0.3 is 10.6 Å². The topological polar surface area (TPSA) is 46.3 Å². The molecule has 3 nitrogen and oxygen atoms in total. The smallest absolute Gasteiger partial charge is 0.240 e. The summed E-state index contributed by atoms with van der Waals surface area (Å²) in [7, 11) is 0. The molecule has 0 radical (unpaired) electrons. The second-order valence-corrected chi connectivity index (χ2v) is 5.30. The van der Waals surface area contributed by atoms with Gasteiger partial charge in [0.05, 0.1) is 0 Å². The molecule has 0 saturated carbocycles. The third kappa shape index (κ3) is 2.82. The van der Waals surface area contributed by atoms with Gasteiger partial charge in [0.25, 0.3) is 0 Å². The molecule has 4 heteroatoms. The van der Waals surface area contributed by atoms with E-state index in [1.165, 1.54) is 0 Å². The second-order valence-electron chi connectivity index (χ2n) is 4.36. The van der Waals surface area contributed by atoms with Crippen LogP contribution < -0.4 is 5.73 Å². The SMILES string of the molecule is CS[C@@H](C(=O)N1CC[C@@H](N)C1)c1ccccc1. The number of rotatable bonds is 3. The standard InChI is InChI=1S/C13H18N2OS/c1-17-12(10-5-3-2-4-6-10)13(16)15-8-7-11(14)9-15/h2-6,11-12H,7-9,14H2,1H3/t11-,12-/m1/s1. The maximum atomic E-state index is 12.4. The Kier molecular flexibility index (Phi) is 4.07. The van der Waals surface area contributed by atoms with Crippen LogP contribution in [0.1, 0.15) is 17.2 Å². The van der Waals surface area contributed by atoms with Gasteiger partial charge in [-0.3, -0.25) is 4.79 Å². The molecule has 1 saturated heterocycles. The van der Waals surface area contributed by atoms with Crippen molar-refractivity contribution in [3.8, 4) is 0 Å². The summed E-state index contributed by atoms with van der Waals surface area (Å²) in [6, 6.07) is 10.1. The van der Waals surface area contributed by atoms with Crippen LogP contribution >= 0.6 is 11.8 Å². The molecular formula is C13H18N2OS. The zero-order valence-electron chi connectivity index (χ0n) is 10.0. The lowest BCUT2D eigenvalue weighted by Crippen LogP contribution is -2.34. The summed E-state index contributed by atoms with van der Waals surface area (Å²) in [5.41, 5.74) is 6.92. The van der Waals surface area contributed by atoms with Crippen molar-refractivity contribution in [3.05, 3.63) is 35.9 Å². The Morgan fingerprint density at radius 3 is 2.71 bits per heavy atom. The average Bonchev–Trinajstić information content (AvgIpc) is 2.78. The van der Waals surface area contributed by atoms with Crippen molar-refractivity contribution in [3.63, 3.8) is 0 Å². The van der Waals surface area contributed by atoms with E-state index in [1.807, 2.05) is 41.5 Å². The first-order valence-corrected chi connectivity index (χ1v) is 7.13. The van der Waals surface area contributed by atoms with E-state index in [9.17, 15) is 4.79 Å². The van der Waals surface area contributed by atoms with Gasteiger partial charge in [0, 0.05) is 19.1 Å². The average molecular weight is 250 g/mol. The maximum Gasteiger partial charge on any atom is 0.240 e. The van der Waals surface area contributed by atoms with Gasteiger partial charge in [-0.05, 0) is 18.2 Å². The molecule has 0 spiro atoms. The molecule has 17 heavy (non-hydrogen) atoms. The van der Waals surface area contributed by atoms with Crippen molar-refractivity contribution in [1.82, 2.24) is 4.90 Å². The fourth-order valence-electron chi connectivity index (χ4n) is 2.16. The minimum absolute atomic E-state index is 0.0958. The zero-order chi connectivity index (χ0) is 12.3. The van der Waals surface area contributed by atoms with Gasteiger partial charge in [0.1, 0.15) is 5.25 Å².